The number of methoxy groups -OCH3 is 1. The second kappa shape index (κ2) is 8.78. The average molecular weight is 391 g/mol. The summed E-state index contributed by atoms with van der Waals surface area (Å²) in [6.45, 7) is 1.07. The molecule has 2 aromatic heterocycles. The van der Waals surface area contributed by atoms with Crippen LogP contribution in [0.4, 0.5) is 4.39 Å². The van der Waals surface area contributed by atoms with E-state index in [1.165, 1.54) is 16.6 Å². The van der Waals surface area contributed by atoms with Gasteiger partial charge in [0.05, 0.1) is 11.3 Å². The largest absolute Gasteiger partial charge is 0.385 e. The lowest BCUT2D eigenvalue weighted by Crippen LogP contribution is -2.27. The molecule has 0 aliphatic rings. The highest BCUT2D eigenvalue weighted by Gasteiger charge is 2.15. The van der Waals surface area contributed by atoms with Crippen molar-refractivity contribution in [2.24, 2.45) is 0 Å². The van der Waals surface area contributed by atoms with Crippen LogP contribution in [0.1, 0.15) is 6.42 Å². The number of hydrogen-bond acceptors (Lipinski definition) is 6. The monoisotopic (exact) mass is 391 g/mol. The number of H-pyrrole nitrogens is 1. The van der Waals surface area contributed by atoms with Gasteiger partial charge < -0.3 is 10.1 Å². The van der Waals surface area contributed by atoms with Gasteiger partial charge in [0.15, 0.2) is 16.6 Å². The van der Waals surface area contributed by atoms with Crippen molar-refractivity contribution in [3.8, 4) is 11.4 Å². The maximum Gasteiger partial charge on any atom is 0.266 e. The lowest BCUT2D eigenvalue weighted by Gasteiger charge is -2.08. The minimum absolute atomic E-state index is 0.0933. The molecule has 0 fully saturated rings. The normalized spacial score (nSPS) is 11.0. The van der Waals surface area contributed by atoms with Crippen LogP contribution in [0, 0.1) is 5.82 Å². The number of aromatic amines is 1. The summed E-state index contributed by atoms with van der Waals surface area (Å²) in [6, 6.07) is 7.41. The number of benzene rings is 1. The molecule has 0 radical (unpaired) electrons. The van der Waals surface area contributed by atoms with E-state index in [1.54, 1.807) is 25.3 Å². The molecule has 1 amide bonds. The summed E-state index contributed by atoms with van der Waals surface area (Å²) in [5.74, 6) is -0.401. The van der Waals surface area contributed by atoms with Crippen molar-refractivity contribution in [1.82, 2.24) is 24.9 Å². The SMILES string of the molecule is COCCCNC(=O)CSc1nc(-c2ccccc2F)nc2cc(=O)[nH]n12. The van der Waals surface area contributed by atoms with Crippen LogP contribution >= 0.6 is 11.8 Å². The number of nitrogens with zero attached hydrogens (tertiary/aromatic N) is 3. The molecule has 0 spiro atoms. The molecule has 0 saturated carbocycles. The highest BCUT2D eigenvalue weighted by Crippen LogP contribution is 2.23. The summed E-state index contributed by atoms with van der Waals surface area (Å²) in [6.07, 6.45) is 0.715. The molecule has 0 atom stereocenters. The van der Waals surface area contributed by atoms with Crippen molar-refractivity contribution in [3.05, 3.63) is 46.5 Å². The van der Waals surface area contributed by atoms with Gasteiger partial charge in [-0.15, -0.1) is 0 Å². The first-order valence-electron chi connectivity index (χ1n) is 8.21. The Morgan fingerprint density at radius 1 is 1.37 bits per heavy atom. The van der Waals surface area contributed by atoms with Crippen LogP contribution in [0.15, 0.2) is 40.3 Å². The first-order valence-corrected chi connectivity index (χ1v) is 9.20. The fraction of sp³-hybridized carbons (Fsp3) is 0.294. The molecule has 3 rings (SSSR count). The van der Waals surface area contributed by atoms with Crippen molar-refractivity contribution in [2.75, 3.05) is 26.0 Å². The lowest BCUT2D eigenvalue weighted by molar-refractivity contribution is -0.118. The van der Waals surface area contributed by atoms with Crippen molar-refractivity contribution in [2.45, 2.75) is 11.6 Å². The summed E-state index contributed by atoms with van der Waals surface area (Å²) in [5.41, 5.74) is 0.164. The molecule has 0 saturated heterocycles. The van der Waals surface area contributed by atoms with Crippen LogP contribution in [0.25, 0.3) is 17.0 Å². The van der Waals surface area contributed by atoms with Crippen LogP contribution in [0.5, 0.6) is 0 Å². The van der Waals surface area contributed by atoms with Crippen molar-refractivity contribution < 1.29 is 13.9 Å². The van der Waals surface area contributed by atoms with Crippen LogP contribution in [-0.2, 0) is 9.53 Å². The highest BCUT2D eigenvalue weighted by molar-refractivity contribution is 7.99. The highest BCUT2D eigenvalue weighted by atomic mass is 32.2. The molecular weight excluding hydrogens is 373 g/mol. The Balaban J connectivity index is 1.82. The van der Waals surface area contributed by atoms with E-state index >= 15 is 0 Å². The predicted octanol–water partition coefficient (Wildman–Crippen LogP) is 1.47. The number of carbonyl (C=O) groups is 1. The minimum atomic E-state index is -0.466. The molecular formula is C17H18FN5O3S. The van der Waals surface area contributed by atoms with E-state index in [0.29, 0.717) is 30.4 Å². The van der Waals surface area contributed by atoms with Gasteiger partial charge in [-0.05, 0) is 18.6 Å². The van der Waals surface area contributed by atoms with E-state index in [1.807, 2.05) is 0 Å². The first kappa shape index (κ1) is 19.1. The summed E-state index contributed by atoms with van der Waals surface area (Å²) in [7, 11) is 1.60. The van der Waals surface area contributed by atoms with E-state index in [0.717, 1.165) is 11.8 Å². The van der Waals surface area contributed by atoms with Crippen LogP contribution in [0.2, 0.25) is 0 Å². The zero-order valence-corrected chi connectivity index (χ0v) is 15.4. The molecule has 0 bridgehead atoms. The Hall–Kier alpha value is -2.72. The number of hydrogen-bond donors (Lipinski definition) is 2. The van der Waals surface area contributed by atoms with Gasteiger partial charge in [-0.3, -0.25) is 14.7 Å². The number of carbonyl (C=O) groups excluding carboxylic acids is 1. The maximum absolute atomic E-state index is 14.1. The summed E-state index contributed by atoms with van der Waals surface area (Å²) in [4.78, 5) is 32.2. The Morgan fingerprint density at radius 2 is 2.19 bits per heavy atom. The zero-order valence-electron chi connectivity index (χ0n) is 14.6. The number of thioether (sulfide) groups is 1. The van der Waals surface area contributed by atoms with E-state index in [-0.39, 0.29) is 28.6 Å². The summed E-state index contributed by atoms with van der Waals surface area (Å²) < 4.78 is 20.4. The Morgan fingerprint density at radius 3 is 2.96 bits per heavy atom. The molecule has 0 unspecified atom stereocenters. The molecule has 27 heavy (non-hydrogen) atoms. The predicted molar refractivity (Wildman–Crippen MR) is 99.2 cm³/mol. The van der Waals surface area contributed by atoms with Gasteiger partial charge in [0.1, 0.15) is 5.82 Å². The number of fused-ring (bicyclic) bond motifs is 1. The van der Waals surface area contributed by atoms with Crippen molar-refractivity contribution in [1.29, 1.82) is 0 Å². The van der Waals surface area contributed by atoms with E-state index in [4.69, 9.17) is 4.74 Å². The third kappa shape index (κ3) is 4.72. The molecule has 3 aromatic rings. The Kier molecular flexibility index (Phi) is 6.20. The quantitative estimate of drug-likeness (QED) is 0.445. The third-order valence-corrected chi connectivity index (χ3v) is 4.56. The topological polar surface area (TPSA) is 101 Å². The molecule has 0 aliphatic carbocycles. The van der Waals surface area contributed by atoms with E-state index in [9.17, 15) is 14.0 Å². The van der Waals surface area contributed by atoms with Gasteiger partial charge in [-0.1, -0.05) is 23.9 Å². The molecule has 142 valence electrons. The zero-order chi connectivity index (χ0) is 19.2. The fourth-order valence-electron chi connectivity index (χ4n) is 2.37. The van der Waals surface area contributed by atoms with Gasteiger partial charge in [-0.25, -0.2) is 18.9 Å². The van der Waals surface area contributed by atoms with Gasteiger partial charge in [0, 0.05) is 26.3 Å². The number of nitrogens with one attached hydrogen (secondary N) is 2. The molecule has 10 heteroatoms. The van der Waals surface area contributed by atoms with Gasteiger partial charge in [0.25, 0.3) is 5.56 Å². The van der Waals surface area contributed by atoms with Crippen molar-refractivity contribution in [3.63, 3.8) is 0 Å². The second-order valence-electron chi connectivity index (χ2n) is 5.61. The number of ether oxygens (including phenoxy) is 1. The summed E-state index contributed by atoms with van der Waals surface area (Å²) >= 11 is 1.13. The lowest BCUT2D eigenvalue weighted by atomic mass is 10.2. The minimum Gasteiger partial charge on any atom is -0.385 e. The molecule has 1 aromatic carbocycles. The Bertz CT molecular complexity index is 1000. The van der Waals surface area contributed by atoms with Crippen molar-refractivity contribution >= 4 is 23.3 Å². The number of amides is 1. The summed E-state index contributed by atoms with van der Waals surface area (Å²) in [5, 5.41) is 5.69. The van der Waals surface area contributed by atoms with E-state index < -0.39 is 5.82 Å². The van der Waals surface area contributed by atoms with Gasteiger partial charge >= 0.3 is 0 Å². The average Bonchev–Trinajstić information content (AvgIpc) is 3.04. The van der Waals surface area contributed by atoms with Crippen LogP contribution in [0.3, 0.4) is 0 Å². The number of aromatic nitrogens is 4. The fourth-order valence-corrected chi connectivity index (χ4v) is 3.15. The van der Waals surface area contributed by atoms with Crippen LogP contribution in [-0.4, -0.2) is 51.5 Å². The van der Waals surface area contributed by atoms with Gasteiger partial charge in [-0.2, -0.15) is 0 Å². The maximum atomic E-state index is 14.1. The second-order valence-corrected chi connectivity index (χ2v) is 6.55. The van der Waals surface area contributed by atoms with Gasteiger partial charge in [0.2, 0.25) is 5.91 Å². The molecule has 2 heterocycles. The number of rotatable bonds is 8. The Labute approximate surface area is 158 Å². The molecule has 0 aliphatic heterocycles. The number of halogens is 1. The molecule has 8 nitrogen and oxygen atoms in total. The standard InChI is InChI=1S/C17H18FN5O3S/c1-26-8-4-7-19-15(25)10-27-17-21-16(11-5-2-3-6-12(11)18)20-13-9-14(24)22-23(13)17/h2-3,5-6,9H,4,7-8,10H2,1H3,(H,19,25)(H,22,24). The molecule has 2 N–H and O–H groups in total. The van der Waals surface area contributed by atoms with Crippen LogP contribution < -0.4 is 10.9 Å². The smallest absolute Gasteiger partial charge is 0.266 e. The van der Waals surface area contributed by atoms with E-state index in [2.05, 4.69) is 20.4 Å². The third-order valence-electron chi connectivity index (χ3n) is 3.62. The first-order chi connectivity index (χ1) is 13.1.